The van der Waals surface area contributed by atoms with Crippen LogP contribution in [-0.4, -0.2) is 58.1 Å². The van der Waals surface area contributed by atoms with Crippen molar-refractivity contribution in [3.8, 4) is 11.1 Å². The van der Waals surface area contributed by atoms with E-state index in [-0.39, 0.29) is 30.8 Å². The van der Waals surface area contributed by atoms with E-state index in [4.69, 9.17) is 11.6 Å². The Bertz CT molecular complexity index is 1400. The third-order valence-corrected chi connectivity index (χ3v) is 8.85. The molecule has 2 aromatic carbocycles. The molecule has 3 rings (SSSR count). The Morgan fingerprint density at radius 3 is 2.36 bits per heavy atom. The number of carbonyl (C=O) groups is 1. The highest BCUT2D eigenvalue weighted by Crippen LogP contribution is 2.37. The molecule has 0 bridgehead atoms. The molecular formula is C25H28ClFN2O5S2. The van der Waals surface area contributed by atoms with E-state index < -0.39 is 37.5 Å². The molecule has 1 heterocycles. The third-order valence-electron chi connectivity index (χ3n) is 5.92. The number of amides is 1. The Labute approximate surface area is 216 Å². The molecule has 1 amide bonds. The fourth-order valence-electron chi connectivity index (χ4n) is 3.88. The van der Waals surface area contributed by atoms with Crippen molar-refractivity contribution in [3.05, 3.63) is 71.1 Å². The Hall–Kier alpha value is -2.53. The molecule has 1 aliphatic rings. The van der Waals surface area contributed by atoms with E-state index in [2.05, 4.69) is 11.9 Å². The first-order valence-electron chi connectivity index (χ1n) is 11.2. The summed E-state index contributed by atoms with van der Waals surface area (Å²) in [7, 11) is -7.43. The smallest absolute Gasteiger partial charge is 0.258 e. The van der Waals surface area contributed by atoms with E-state index in [1.165, 1.54) is 19.1 Å². The number of hydrogen-bond donors (Lipinski definition) is 1. The molecule has 0 radical (unpaired) electrons. The SMILES string of the molecule is C=Cc1ccc(S(=O)(=O)N2CCC(F)(C(=O)N[C@H](C)/C=C\S(C)(=O)=O)CC2)c(-c2ccccc2Cl)c1. The summed E-state index contributed by atoms with van der Waals surface area (Å²) in [6, 6.07) is 10.9. The van der Waals surface area contributed by atoms with Crippen LogP contribution in [0.2, 0.25) is 5.02 Å². The molecule has 1 atom stereocenters. The Morgan fingerprint density at radius 2 is 1.78 bits per heavy atom. The highest BCUT2D eigenvalue weighted by molar-refractivity contribution is 7.93. The second kappa shape index (κ2) is 10.8. The summed E-state index contributed by atoms with van der Waals surface area (Å²) in [5, 5.41) is 3.76. The summed E-state index contributed by atoms with van der Waals surface area (Å²) in [5.41, 5.74) is -0.633. The highest BCUT2D eigenvalue weighted by Gasteiger charge is 2.44. The van der Waals surface area contributed by atoms with Crippen molar-refractivity contribution in [2.24, 2.45) is 0 Å². The Morgan fingerprint density at radius 1 is 1.14 bits per heavy atom. The van der Waals surface area contributed by atoms with Crippen molar-refractivity contribution in [2.75, 3.05) is 19.3 Å². The van der Waals surface area contributed by atoms with Gasteiger partial charge in [-0.05, 0) is 30.7 Å². The summed E-state index contributed by atoms with van der Waals surface area (Å²) in [5.74, 6) is -0.905. The van der Waals surface area contributed by atoms with Crippen LogP contribution < -0.4 is 5.32 Å². The summed E-state index contributed by atoms with van der Waals surface area (Å²) in [4.78, 5) is 12.6. The molecule has 0 aromatic heterocycles. The average Bonchev–Trinajstić information content (AvgIpc) is 2.82. The Balaban J connectivity index is 1.82. The van der Waals surface area contributed by atoms with Crippen molar-refractivity contribution >= 4 is 43.4 Å². The fourth-order valence-corrected chi connectivity index (χ4v) is 6.27. The molecule has 194 valence electrons. The standard InChI is InChI=1S/C25H28ClFN2O5S2/c1-4-19-9-10-23(21(17-19)20-7-5-6-8-22(20)26)36(33,34)29-14-12-25(27,13-15-29)24(30)28-18(2)11-16-35(3,31)32/h4-11,16-18H,1,12-15H2,2-3H3,(H,28,30)/b16-11-/t18-/m1/s1. The van der Waals surface area contributed by atoms with Crippen LogP contribution in [0.3, 0.4) is 0 Å². The first kappa shape index (κ1) is 28.0. The average molecular weight is 555 g/mol. The number of piperidine rings is 1. The van der Waals surface area contributed by atoms with Gasteiger partial charge in [0.25, 0.3) is 5.91 Å². The number of nitrogens with zero attached hydrogens (tertiary/aromatic N) is 1. The number of carbonyl (C=O) groups excluding carboxylic acids is 1. The molecule has 2 aromatic rings. The van der Waals surface area contributed by atoms with E-state index in [0.717, 1.165) is 16.0 Å². The molecule has 0 aliphatic carbocycles. The van der Waals surface area contributed by atoms with E-state index in [9.17, 15) is 21.6 Å². The lowest BCUT2D eigenvalue weighted by molar-refractivity contribution is -0.135. The van der Waals surface area contributed by atoms with Crippen LogP contribution in [0.4, 0.5) is 4.39 Å². The van der Waals surface area contributed by atoms with Gasteiger partial charge < -0.3 is 5.32 Å². The summed E-state index contributed by atoms with van der Waals surface area (Å²) < 4.78 is 66.3. The lowest BCUT2D eigenvalue weighted by Crippen LogP contribution is -2.53. The third kappa shape index (κ3) is 6.42. The minimum atomic E-state index is -4.04. The second-order valence-corrected chi connectivity index (χ2v) is 13.0. The lowest BCUT2D eigenvalue weighted by Gasteiger charge is -2.35. The molecule has 0 saturated carbocycles. The van der Waals surface area contributed by atoms with Crippen molar-refractivity contribution in [3.63, 3.8) is 0 Å². The van der Waals surface area contributed by atoms with Crippen LogP contribution in [0.5, 0.6) is 0 Å². The molecular weight excluding hydrogens is 527 g/mol. The Kier molecular flexibility index (Phi) is 8.44. The predicted molar refractivity (Wildman–Crippen MR) is 140 cm³/mol. The van der Waals surface area contributed by atoms with E-state index >= 15 is 4.39 Å². The topological polar surface area (TPSA) is 101 Å². The van der Waals surface area contributed by atoms with Crippen molar-refractivity contribution < 1.29 is 26.0 Å². The van der Waals surface area contributed by atoms with Gasteiger partial charge in [0, 0.05) is 59.8 Å². The van der Waals surface area contributed by atoms with Gasteiger partial charge >= 0.3 is 0 Å². The molecule has 1 N–H and O–H groups in total. The second-order valence-electron chi connectivity index (χ2n) is 8.73. The number of hydrogen-bond acceptors (Lipinski definition) is 5. The zero-order chi connectivity index (χ0) is 26.7. The van der Waals surface area contributed by atoms with Gasteiger partial charge in [-0.3, -0.25) is 4.79 Å². The van der Waals surface area contributed by atoms with E-state index in [1.807, 2.05) is 0 Å². The number of benzene rings is 2. The molecule has 0 unspecified atom stereocenters. The molecule has 1 aliphatic heterocycles. The first-order valence-corrected chi connectivity index (χ1v) is 14.9. The lowest BCUT2D eigenvalue weighted by atomic mass is 9.93. The van der Waals surface area contributed by atoms with Gasteiger partial charge in [-0.1, -0.05) is 54.6 Å². The maximum Gasteiger partial charge on any atom is 0.258 e. The number of alkyl halides is 1. The summed E-state index contributed by atoms with van der Waals surface area (Å²) >= 11 is 6.36. The maximum atomic E-state index is 15.5. The van der Waals surface area contributed by atoms with Crippen LogP contribution >= 0.6 is 11.6 Å². The largest absolute Gasteiger partial charge is 0.347 e. The number of halogens is 2. The van der Waals surface area contributed by atoms with Crippen LogP contribution in [0, 0.1) is 0 Å². The fraction of sp³-hybridized carbons (Fsp3) is 0.320. The van der Waals surface area contributed by atoms with Gasteiger partial charge in [0.1, 0.15) is 0 Å². The van der Waals surface area contributed by atoms with Gasteiger partial charge in [-0.2, -0.15) is 4.31 Å². The number of rotatable bonds is 8. The molecule has 0 spiro atoms. The normalized spacial score (nSPS) is 17.6. The molecule has 36 heavy (non-hydrogen) atoms. The van der Waals surface area contributed by atoms with Gasteiger partial charge in [0.2, 0.25) is 10.0 Å². The maximum absolute atomic E-state index is 15.5. The zero-order valence-corrected chi connectivity index (χ0v) is 22.3. The van der Waals surface area contributed by atoms with Crippen LogP contribution in [-0.2, 0) is 24.7 Å². The molecule has 1 fully saturated rings. The van der Waals surface area contributed by atoms with Crippen molar-refractivity contribution in [2.45, 2.75) is 36.4 Å². The van der Waals surface area contributed by atoms with Gasteiger partial charge in [0.15, 0.2) is 15.5 Å². The van der Waals surface area contributed by atoms with E-state index in [0.29, 0.717) is 21.7 Å². The van der Waals surface area contributed by atoms with Crippen LogP contribution in [0.1, 0.15) is 25.3 Å². The first-order chi connectivity index (χ1) is 16.8. The number of nitrogens with one attached hydrogen (secondary N) is 1. The molecule has 7 nitrogen and oxygen atoms in total. The summed E-state index contributed by atoms with van der Waals surface area (Å²) in [6.07, 6.45) is 3.17. The number of sulfone groups is 1. The van der Waals surface area contributed by atoms with Crippen molar-refractivity contribution in [1.82, 2.24) is 9.62 Å². The predicted octanol–water partition coefficient (Wildman–Crippen LogP) is 4.21. The van der Waals surface area contributed by atoms with Gasteiger partial charge in [-0.25, -0.2) is 21.2 Å². The quantitative estimate of drug-likeness (QED) is 0.527. The summed E-state index contributed by atoms with van der Waals surface area (Å²) in [6.45, 7) is 4.85. The van der Waals surface area contributed by atoms with Gasteiger partial charge in [0.05, 0.1) is 4.90 Å². The molecule has 11 heteroatoms. The van der Waals surface area contributed by atoms with Gasteiger partial charge in [-0.15, -0.1) is 0 Å². The monoisotopic (exact) mass is 554 g/mol. The van der Waals surface area contributed by atoms with Crippen molar-refractivity contribution in [1.29, 1.82) is 0 Å². The minimum absolute atomic E-state index is 0.0246. The van der Waals surface area contributed by atoms with E-state index in [1.54, 1.807) is 42.5 Å². The molecule has 1 saturated heterocycles. The minimum Gasteiger partial charge on any atom is -0.347 e. The van der Waals surface area contributed by atoms with Crippen LogP contribution in [0.25, 0.3) is 17.2 Å². The zero-order valence-electron chi connectivity index (χ0n) is 19.9. The highest BCUT2D eigenvalue weighted by atomic mass is 35.5. The number of sulfonamides is 1. The van der Waals surface area contributed by atoms with Crippen LogP contribution in [0.15, 0.2) is 65.4 Å².